The number of ether oxygens (including phenoxy) is 1. The van der Waals surface area contributed by atoms with Crippen LogP contribution in [0, 0.1) is 13.8 Å². The predicted octanol–water partition coefficient (Wildman–Crippen LogP) is 5.18. The molecule has 2 aromatic heterocycles. The first-order valence-electron chi connectivity index (χ1n) is 10.1. The van der Waals surface area contributed by atoms with E-state index < -0.39 is 11.7 Å². The van der Waals surface area contributed by atoms with Crippen LogP contribution in [0.4, 0.5) is 5.69 Å². The molecule has 4 aromatic rings. The molecular formula is C25H22ClN3O3. The van der Waals surface area contributed by atoms with Gasteiger partial charge in [-0.2, -0.15) is 0 Å². The molecule has 0 aliphatic rings. The van der Waals surface area contributed by atoms with E-state index in [1.807, 2.05) is 60.9 Å². The van der Waals surface area contributed by atoms with Crippen molar-refractivity contribution in [1.82, 2.24) is 9.55 Å². The molecular weight excluding hydrogens is 426 g/mol. The van der Waals surface area contributed by atoms with Crippen LogP contribution in [0.3, 0.4) is 0 Å². The van der Waals surface area contributed by atoms with E-state index in [1.165, 1.54) is 13.3 Å². The molecule has 32 heavy (non-hydrogen) atoms. The van der Waals surface area contributed by atoms with E-state index in [0.29, 0.717) is 28.7 Å². The molecule has 162 valence electrons. The third-order valence-electron chi connectivity index (χ3n) is 5.37. The Balaban J connectivity index is 1.73. The van der Waals surface area contributed by atoms with Crippen molar-refractivity contribution in [1.29, 1.82) is 0 Å². The molecule has 0 aliphatic heterocycles. The molecule has 2 aromatic carbocycles. The fraction of sp³-hybridized carbons (Fsp3) is 0.160. The molecule has 7 heteroatoms. The molecule has 0 atom stereocenters. The van der Waals surface area contributed by atoms with E-state index in [9.17, 15) is 9.59 Å². The number of hydrogen-bond acceptors (Lipinski definition) is 4. The van der Waals surface area contributed by atoms with Crippen LogP contribution in [0.1, 0.15) is 27.2 Å². The van der Waals surface area contributed by atoms with Gasteiger partial charge in [0.25, 0.3) is 11.7 Å². The van der Waals surface area contributed by atoms with Crippen LogP contribution in [-0.4, -0.2) is 28.4 Å². The largest absolute Gasteiger partial charge is 0.481 e. The fourth-order valence-electron chi connectivity index (χ4n) is 3.76. The zero-order valence-electron chi connectivity index (χ0n) is 18.0. The minimum Gasteiger partial charge on any atom is -0.481 e. The van der Waals surface area contributed by atoms with Gasteiger partial charge in [-0.25, -0.2) is 4.98 Å². The van der Waals surface area contributed by atoms with Gasteiger partial charge in [0, 0.05) is 46.1 Å². The van der Waals surface area contributed by atoms with Crippen molar-refractivity contribution < 1.29 is 14.3 Å². The number of aromatic nitrogens is 2. The monoisotopic (exact) mass is 447 g/mol. The summed E-state index contributed by atoms with van der Waals surface area (Å²) in [6.07, 6.45) is 1.51. The summed E-state index contributed by atoms with van der Waals surface area (Å²) in [5.41, 5.74) is 4.51. The van der Waals surface area contributed by atoms with Crippen molar-refractivity contribution >= 4 is 39.9 Å². The summed E-state index contributed by atoms with van der Waals surface area (Å²) in [5.74, 6) is -0.959. The molecule has 6 nitrogen and oxygen atoms in total. The number of carbonyl (C=O) groups excluding carboxylic acids is 2. The van der Waals surface area contributed by atoms with E-state index in [2.05, 4.69) is 10.3 Å². The maximum atomic E-state index is 13.3. The number of benzene rings is 2. The quantitative estimate of drug-likeness (QED) is 0.326. The first-order chi connectivity index (χ1) is 15.4. The summed E-state index contributed by atoms with van der Waals surface area (Å²) in [7, 11) is 1.49. The first-order valence-corrected chi connectivity index (χ1v) is 10.4. The number of halogens is 1. The van der Waals surface area contributed by atoms with Crippen LogP contribution in [0.2, 0.25) is 5.02 Å². The van der Waals surface area contributed by atoms with Crippen molar-refractivity contribution in [2.45, 2.75) is 20.4 Å². The lowest BCUT2D eigenvalue weighted by atomic mass is 10.0. The summed E-state index contributed by atoms with van der Waals surface area (Å²) in [6.45, 7) is 4.38. The highest BCUT2D eigenvalue weighted by Gasteiger charge is 2.25. The number of anilines is 1. The van der Waals surface area contributed by atoms with E-state index in [1.54, 1.807) is 12.1 Å². The Morgan fingerprint density at radius 1 is 1.06 bits per heavy atom. The molecule has 0 saturated heterocycles. The smallest absolute Gasteiger partial charge is 0.296 e. The minimum atomic E-state index is -0.714. The number of methoxy groups -OCH3 is 1. The zero-order valence-corrected chi connectivity index (χ0v) is 18.7. The Bertz CT molecular complexity index is 1330. The number of fused-ring (bicyclic) bond motifs is 1. The van der Waals surface area contributed by atoms with Crippen LogP contribution in [0.5, 0.6) is 5.88 Å². The topological polar surface area (TPSA) is 73.2 Å². The average Bonchev–Trinajstić information content (AvgIpc) is 3.05. The summed E-state index contributed by atoms with van der Waals surface area (Å²) in [6, 6.07) is 16.7. The normalized spacial score (nSPS) is 10.9. The van der Waals surface area contributed by atoms with Crippen LogP contribution in [0.15, 0.2) is 60.8 Å². The van der Waals surface area contributed by atoms with Gasteiger partial charge in [0.1, 0.15) is 0 Å². The van der Waals surface area contributed by atoms with Crippen molar-refractivity contribution in [2.24, 2.45) is 0 Å². The molecule has 0 bridgehead atoms. The third-order valence-corrected chi connectivity index (χ3v) is 5.62. The van der Waals surface area contributed by atoms with Crippen molar-refractivity contribution in [3.8, 4) is 5.88 Å². The Hall–Kier alpha value is -3.64. The Labute approximate surface area is 190 Å². The second-order valence-electron chi connectivity index (χ2n) is 7.56. The number of carbonyl (C=O) groups is 2. The highest BCUT2D eigenvalue weighted by atomic mass is 35.5. The number of rotatable bonds is 6. The Morgan fingerprint density at radius 3 is 2.53 bits per heavy atom. The maximum absolute atomic E-state index is 13.3. The molecule has 0 saturated carbocycles. The van der Waals surface area contributed by atoms with Gasteiger partial charge in [-0.15, -0.1) is 0 Å². The average molecular weight is 448 g/mol. The van der Waals surface area contributed by atoms with Crippen LogP contribution in [-0.2, 0) is 11.3 Å². The summed E-state index contributed by atoms with van der Waals surface area (Å²) < 4.78 is 7.13. The van der Waals surface area contributed by atoms with Gasteiger partial charge >= 0.3 is 0 Å². The van der Waals surface area contributed by atoms with Gasteiger partial charge in [0.2, 0.25) is 5.88 Å². The Morgan fingerprint density at radius 2 is 1.81 bits per heavy atom. The molecule has 4 rings (SSSR count). The van der Waals surface area contributed by atoms with E-state index in [0.717, 1.165) is 27.7 Å². The number of Topliss-reactive ketones (excluding diaryl/α,β-unsaturated/α-hetero) is 1. The number of pyridine rings is 1. The highest BCUT2D eigenvalue weighted by Crippen LogP contribution is 2.29. The lowest BCUT2D eigenvalue weighted by Crippen LogP contribution is -2.23. The van der Waals surface area contributed by atoms with Gasteiger partial charge in [-0.05, 0) is 49.7 Å². The zero-order chi connectivity index (χ0) is 22.8. The molecule has 0 spiro atoms. The summed E-state index contributed by atoms with van der Waals surface area (Å²) in [5, 5.41) is 4.07. The summed E-state index contributed by atoms with van der Waals surface area (Å²) >= 11 is 6.02. The molecule has 0 fully saturated rings. The van der Waals surface area contributed by atoms with Gasteiger partial charge in [-0.1, -0.05) is 35.4 Å². The van der Waals surface area contributed by atoms with Gasteiger partial charge < -0.3 is 14.6 Å². The lowest BCUT2D eigenvalue weighted by Gasteiger charge is -2.09. The number of ketones is 1. The van der Waals surface area contributed by atoms with Crippen molar-refractivity contribution in [3.05, 3.63) is 88.2 Å². The maximum Gasteiger partial charge on any atom is 0.296 e. The van der Waals surface area contributed by atoms with Crippen LogP contribution >= 0.6 is 11.6 Å². The van der Waals surface area contributed by atoms with Gasteiger partial charge in [0.15, 0.2) is 0 Å². The second kappa shape index (κ2) is 8.85. The number of nitrogens with one attached hydrogen (secondary N) is 1. The van der Waals surface area contributed by atoms with Crippen LogP contribution in [0.25, 0.3) is 10.9 Å². The predicted molar refractivity (Wildman–Crippen MR) is 126 cm³/mol. The summed E-state index contributed by atoms with van der Waals surface area (Å²) in [4.78, 5) is 30.1. The van der Waals surface area contributed by atoms with E-state index in [-0.39, 0.29) is 0 Å². The Kier molecular flexibility index (Phi) is 5.97. The SMILES string of the molecule is COc1cc(NC(=O)C(=O)c2c(C)n(Cc3ccc(Cl)cc3)c3ccc(C)cc23)ccn1. The third kappa shape index (κ3) is 4.22. The molecule has 1 N–H and O–H groups in total. The second-order valence-corrected chi connectivity index (χ2v) is 8.00. The van der Waals surface area contributed by atoms with E-state index in [4.69, 9.17) is 16.3 Å². The minimum absolute atomic E-state index is 0.349. The molecule has 2 heterocycles. The number of amides is 1. The van der Waals surface area contributed by atoms with Gasteiger partial charge in [-0.3, -0.25) is 9.59 Å². The fourth-order valence-corrected chi connectivity index (χ4v) is 3.88. The highest BCUT2D eigenvalue weighted by molar-refractivity contribution is 6.48. The standard InChI is InChI=1S/C25H22ClN3O3/c1-15-4-9-21-20(12-15)23(16(2)29(21)14-17-5-7-18(26)8-6-17)24(30)25(31)28-19-10-11-27-22(13-19)32-3/h4-13H,14H2,1-3H3,(H,27,28,31). The molecule has 0 radical (unpaired) electrons. The lowest BCUT2D eigenvalue weighted by molar-refractivity contribution is -0.112. The van der Waals surface area contributed by atoms with Crippen molar-refractivity contribution in [2.75, 3.05) is 12.4 Å². The number of hydrogen-bond donors (Lipinski definition) is 1. The van der Waals surface area contributed by atoms with Crippen LogP contribution < -0.4 is 10.1 Å². The molecule has 0 unspecified atom stereocenters. The van der Waals surface area contributed by atoms with E-state index >= 15 is 0 Å². The molecule has 0 aliphatic carbocycles. The van der Waals surface area contributed by atoms with Crippen molar-refractivity contribution in [3.63, 3.8) is 0 Å². The number of nitrogens with zero attached hydrogens (tertiary/aromatic N) is 2. The first kappa shape index (κ1) is 21.6. The number of aryl methyl sites for hydroxylation is 1. The van der Waals surface area contributed by atoms with Gasteiger partial charge in [0.05, 0.1) is 12.7 Å². The molecule has 1 amide bonds.